The minimum absolute atomic E-state index is 0.203. The Labute approximate surface area is 118 Å². The fourth-order valence-corrected chi connectivity index (χ4v) is 2.01. The number of hydrogen-bond donors (Lipinski definition) is 1. The van der Waals surface area contributed by atoms with Gasteiger partial charge < -0.3 is 10.1 Å². The van der Waals surface area contributed by atoms with Gasteiger partial charge in [-0.15, -0.1) is 0 Å². The van der Waals surface area contributed by atoms with Gasteiger partial charge in [0.1, 0.15) is 23.7 Å². The normalized spacial score (nSPS) is 10.7. The first-order chi connectivity index (χ1) is 9.52. The Morgan fingerprint density at radius 3 is 2.60 bits per heavy atom. The van der Waals surface area contributed by atoms with E-state index in [4.69, 9.17) is 4.74 Å². The van der Waals surface area contributed by atoms with Gasteiger partial charge in [-0.25, -0.2) is 14.4 Å². The molecule has 20 heavy (non-hydrogen) atoms. The van der Waals surface area contributed by atoms with Crippen LogP contribution in [0.15, 0.2) is 24.5 Å². The van der Waals surface area contributed by atoms with Gasteiger partial charge in [-0.05, 0) is 36.6 Å². The maximum absolute atomic E-state index is 13.1. The molecule has 2 rings (SSSR count). The minimum atomic E-state index is -0.280. The van der Waals surface area contributed by atoms with E-state index < -0.39 is 0 Å². The highest BCUT2D eigenvalue weighted by Gasteiger charge is 2.16. The SMILES string of the molecule is CNc1ncnc(Oc2ccc(F)cc2C)c1C(C)C. The van der Waals surface area contributed by atoms with Crippen LogP contribution in [0.3, 0.4) is 0 Å². The van der Waals surface area contributed by atoms with E-state index in [1.54, 1.807) is 20.0 Å². The van der Waals surface area contributed by atoms with Crippen LogP contribution in [0.2, 0.25) is 0 Å². The fourth-order valence-electron chi connectivity index (χ4n) is 2.01. The fraction of sp³-hybridized carbons (Fsp3) is 0.333. The Hall–Kier alpha value is -2.17. The van der Waals surface area contributed by atoms with Crippen molar-refractivity contribution in [1.82, 2.24) is 9.97 Å². The van der Waals surface area contributed by atoms with Gasteiger partial charge >= 0.3 is 0 Å². The maximum atomic E-state index is 13.1. The van der Waals surface area contributed by atoms with Crippen molar-refractivity contribution in [3.63, 3.8) is 0 Å². The van der Waals surface area contributed by atoms with Crippen LogP contribution in [0.4, 0.5) is 10.2 Å². The molecule has 0 spiro atoms. The summed E-state index contributed by atoms with van der Waals surface area (Å²) in [4.78, 5) is 8.40. The van der Waals surface area contributed by atoms with Crippen molar-refractivity contribution in [1.29, 1.82) is 0 Å². The summed E-state index contributed by atoms with van der Waals surface area (Å²) in [5.74, 6) is 1.75. The molecule has 0 unspecified atom stereocenters. The summed E-state index contributed by atoms with van der Waals surface area (Å²) in [6, 6.07) is 4.41. The lowest BCUT2D eigenvalue weighted by Crippen LogP contribution is -2.05. The van der Waals surface area contributed by atoms with Crippen LogP contribution in [0, 0.1) is 12.7 Å². The highest BCUT2D eigenvalue weighted by Crippen LogP contribution is 2.33. The van der Waals surface area contributed by atoms with Crippen molar-refractivity contribution in [3.8, 4) is 11.6 Å². The van der Waals surface area contributed by atoms with E-state index in [-0.39, 0.29) is 11.7 Å². The van der Waals surface area contributed by atoms with Crippen LogP contribution in [-0.2, 0) is 0 Å². The first-order valence-corrected chi connectivity index (χ1v) is 6.49. The third kappa shape index (κ3) is 2.87. The highest BCUT2D eigenvalue weighted by molar-refractivity contribution is 5.51. The molecule has 1 N–H and O–H groups in total. The summed E-state index contributed by atoms with van der Waals surface area (Å²) in [5, 5.41) is 3.04. The molecule has 0 radical (unpaired) electrons. The Morgan fingerprint density at radius 1 is 1.25 bits per heavy atom. The van der Waals surface area contributed by atoms with E-state index >= 15 is 0 Å². The van der Waals surface area contributed by atoms with Crippen LogP contribution >= 0.6 is 0 Å². The Balaban J connectivity index is 2.43. The summed E-state index contributed by atoms with van der Waals surface area (Å²) in [7, 11) is 1.81. The van der Waals surface area contributed by atoms with Crippen LogP contribution in [0.5, 0.6) is 11.6 Å². The number of anilines is 1. The third-order valence-electron chi connectivity index (χ3n) is 3.01. The summed E-state index contributed by atoms with van der Waals surface area (Å²) < 4.78 is 19.0. The van der Waals surface area contributed by atoms with Crippen molar-refractivity contribution in [2.75, 3.05) is 12.4 Å². The van der Waals surface area contributed by atoms with Gasteiger partial charge in [0.05, 0.1) is 5.56 Å². The van der Waals surface area contributed by atoms with Crippen LogP contribution in [0.1, 0.15) is 30.9 Å². The second-order valence-electron chi connectivity index (χ2n) is 4.86. The van der Waals surface area contributed by atoms with Crippen molar-refractivity contribution < 1.29 is 9.13 Å². The van der Waals surface area contributed by atoms with Gasteiger partial charge in [0.15, 0.2) is 0 Å². The molecule has 2 aromatic rings. The number of aryl methyl sites for hydroxylation is 1. The number of halogens is 1. The highest BCUT2D eigenvalue weighted by atomic mass is 19.1. The van der Waals surface area contributed by atoms with E-state index in [2.05, 4.69) is 15.3 Å². The molecule has 0 amide bonds. The van der Waals surface area contributed by atoms with Gasteiger partial charge in [0.25, 0.3) is 0 Å². The molecule has 5 heteroatoms. The molecule has 1 heterocycles. The average Bonchev–Trinajstić information content (AvgIpc) is 2.41. The smallest absolute Gasteiger partial charge is 0.227 e. The number of nitrogens with zero attached hydrogens (tertiary/aromatic N) is 2. The lowest BCUT2D eigenvalue weighted by Gasteiger charge is -2.16. The summed E-state index contributed by atoms with van der Waals surface area (Å²) in [5.41, 5.74) is 1.63. The number of nitrogens with one attached hydrogen (secondary N) is 1. The Morgan fingerprint density at radius 2 is 2.00 bits per heavy atom. The summed E-state index contributed by atoms with van der Waals surface area (Å²) >= 11 is 0. The van der Waals surface area contributed by atoms with Crippen molar-refractivity contribution in [2.45, 2.75) is 26.7 Å². The number of ether oxygens (including phenoxy) is 1. The lowest BCUT2D eigenvalue weighted by molar-refractivity contribution is 0.447. The van der Waals surface area contributed by atoms with E-state index in [0.717, 1.165) is 16.9 Å². The molecule has 0 bridgehead atoms. The molecule has 0 aliphatic rings. The van der Waals surface area contributed by atoms with Gasteiger partial charge in [0, 0.05) is 7.05 Å². The number of rotatable bonds is 4. The molecule has 4 nitrogen and oxygen atoms in total. The molecule has 0 atom stereocenters. The van der Waals surface area contributed by atoms with E-state index in [9.17, 15) is 4.39 Å². The quantitative estimate of drug-likeness (QED) is 0.919. The number of benzene rings is 1. The lowest BCUT2D eigenvalue weighted by atomic mass is 10.1. The zero-order valence-corrected chi connectivity index (χ0v) is 12.1. The molecule has 1 aromatic heterocycles. The molecular weight excluding hydrogens is 257 g/mol. The molecule has 1 aromatic carbocycles. The summed E-state index contributed by atoms with van der Waals surface area (Å²) in [6.07, 6.45) is 1.45. The third-order valence-corrected chi connectivity index (χ3v) is 3.01. The molecule has 0 aliphatic carbocycles. The molecule has 0 saturated carbocycles. The maximum Gasteiger partial charge on any atom is 0.227 e. The van der Waals surface area contributed by atoms with Crippen LogP contribution in [-0.4, -0.2) is 17.0 Å². The first-order valence-electron chi connectivity index (χ1n) is 6.49. The van der Waals surface area contributed by atoms with Crippen LogP contribution < -0.4 is 10.1 Å². The number of aromatic nitrogens is 2. The second-order valence-corrected chi connectivity index (χ2v) is 4.86. The summed E-state index contributed by atoms with van der Waals surface area (Å²) in [6.45, 7) is 5.89. The van der Waals surface area contributed by atoms with Crippen molar-refractivity contribution in [2.24, 2.45) is 0 Å². The zero-order chi connectivity index (χ0) is 14.7. The first kappa shape index (κ1) is 14.2. The largest absolute Gasteiger partial charge is 0.438 e. The van der Waals surface area contributed by atoms with E-state index in [1.807, 2.05) is 13.8 Å². The zero-order valence-electron chi connectivity index (χ0n) is 12.1. The van der Waals surface area contributed by atoms with Crippen molar-refractivity contribution >= 4 is 5.82 Å². The number of hydrogen-bond acceptors (Lipinski definition) is 4. The molecule has 0 fully saturated rings. The molecule has 0 saturated heterocycles. The van der Waals surface area contributed by atoms with Gasteiger partial charge in [-0.1, -0.05) is 13.8 Å². The molecule has 0 aliphatic heterocycles. The topological polar surface area (TPSA) is 47.0 Å². The van der Waals surface area contributed by atoms with Crippen molar-refractivity contribution in [3.05, 3.63) is 41.5 Å². The van der Waals surface area contributed by atoms with Gasteiger partial charge in [-0.3, -0.25) is 0 Å². The average molecular weight is 275 g/mol. The second kappa shape index (κ2) is 5.86. The predicted octanol–water partition coefficient (Wildman–Crippen LogP) is 3.88. The molecule has 106 valence electrons. The van der Waals surface area contributed by atoms with Gasteiger partial charge in [-0.2, -0.15) is 0 Å². The minimum Gasteiger partial charge on any atom is -0.438 e. The van der Waals surface area contributed by atoms with E-state index in [0.29, 0.717) is 11.6 Å². The van der Waals surface area contributed by atoms with E-state index in [1.165, 1.54) is 18.5 Å². The van der Waals surface area contributed by atoms with Crippen LogP contribution in [0.25, 0.3) is 0 Å². The Bertz CT molecular complexity index is 614. The Kier molecular flexibility index (Phi) is 4.17. The standard InChI is InChI=1S/C15H18FN3O/c1-9(2)13-14(17-4)18-8-19-15(13)20-12-6-5-11(16)7-10(12)3/h5-9H,1-4H3,(H,17,18,19). The monoisotopic (exact) mass is 275 g/mol. The predicted molar refractivity (Wildman–Crippen MR) is 76.9 cm³/mol. The van der Waals surface area contributed by atoms with Gasteiger partial charge in [0.2, 0.25) is 5.88 Å². The molecular formula is C15H18FN3O.